The number of benzene rings is 4. The van der Waals surface area contributed by atoms with Crippen molar-refractivity contribution in [1.29, 1.82) is 0 Å². The Morgan fingerprint density at radius 2 is 0.909 bits per heavy atom. The summed E-state index contributed by atoms with van der Waals surface area (Å²) in [7, 11) is -3.95. The van der Waals surface area contributed by atoms with E-state index in [1.54, 1.807) is 48.6 Å². The van der Waals surface area contributed by atoms with Gasteiger partial charge in [0, 0.05) is 23.3 Å². The first kappa shape index (κ1) is 41.0. The first-order valence-corrected chi connectivity index (χ1v) is 18.0. The topological polar surface area (TPSA) is 158 Å². The van der Waals surface area contributed by atoms with Crippen LogP contribution in [0, 0.1) is 13.8 Å². The highest BCUT2D eigenvalue weighted by Crippen LogP contribution is 2.26. The Labute approximate surface area is 318 Å². The highest BCUT2D eigenvalue weighted by atomic mass is 32.2. The van der Waals surface area contributed by atoms with Gasteiger partial charge >= 0.3 is 23.9 Å². The van der Waals surface area contributed by atoms with Crippen LogP contribution in [-0.4, -0.2) is 45.9 Å². The summed E-state index contributed by atoms with van der Waals surface area (Å²) in [5, 5.41) is 0. The lowest BCUT2D eigenvalue weighted by atomic mass is 10.1. The third-order valence-electron chi connectivity index (χ3n) is 7.51. The SMILES string of the molecule is C=C(C)C(=O)OCOc1ccc(C=CC(=O)Oc2ccc(S(=O)(=O)c3ccc(OC(=O)C=Cc4ccc(OCOC(=O)C(=C)C)cc4C)cc3)cc2)c(C)c1. The fourth-order valence-electron chi connectivity index (χ4n) is 4.52. The van der Waals surface area contributed by atoms with Crippen LogP contribution in [-0.2, 0) is 38.5 Å². The van der Waals surface area contributed by atoms with Crippen LogP contribution in [0.3, 0.4) is 0 Å². The van der Waals surface area contributed by atoms with E-state index in [0.29, 0.717) is 22.6 Å². The maximum Gasteiger partial charge on any atom is 0.336 e. The van der Waals surface area contributed by atoms with Crippen molar-refractivity contribution in [3.63, 3.8) is 0 Å². The van der Waals surface area contributed by atoms with E-state index in [-0.39, 0.29) is 46.0 Å². The van der Waals surface area contributed by atoms with Gasteiger partial charge in [-0.2, -0.15) is 0 Å². The summed E-state index contributed by atoms with van der Waals surface area (Å²) in [6.45, 7) is 13.1. The quantitative estimate of drug-likeness (QED) is 0.0486. The third-order valence-corrected chi connectivity index (χ3v) is 9.30. The first-order valence-electron chi connectivity index (χ1n) is 16.5. The molecule has 0 radical (unpaired) electrons. The minimum atomic E-state index is -3.95. The van der Waals surface area contributed by atoms with Crippen molar-refractivity contribution in [2.45, 2.75) is 37.5 Å². The minimum absolute atomic E-state index is 0.0393. The number of rotatable bonds is 16. The Morgan fingerprint density at radius 3 is 1.24 bits per heavy atom. The summed E-state index contributed by atoms with van der Waals surface area (Å²) in [5.41, 5.74) is 3.52. The molecule has 0 aromatic heterocycles. The normalized spacial score (nSPS) is 11.1. The molecular weight excluding hydrogens is 729 g/mol. The second kappa shape index (κ2) is 18.9. The van der Waals surface area contributed by atoms with E-state index in [1.807, 2.05) is 13.8 Å². The van der Waals surface area contributed by atoms with E-state index in [2.05, 4.69) is 13.2 Å². The van der Waals surface area contributed by atoms with E-state index in [9.17, 15) is 27.6 Å². The van der Waals surface area contributed by atoms with Crippen LogP contribution >= 0.6 is 0 Å². The first-order chi connectivity index (χ1) is 26.1. The average molecular weight is 767 g/mol. The minimum Gasteiger partial charge on any atom is -0.457 e. The molecule has 0 saturated carbocycles. The van der Waals surface area contributed by atoms with Crippen LogP contribution in [0.5, 0.6) is 23.0 Å². The molecule has 0 aliphatic carbocycles. The predicted octanol–water partition coefficient (Wildman–Crippen LogP) is 7.29. The van der Waals surface area contributed by atoms with Gasteiger partial charge in [0.25, 0.3) is 0 Å². The van der Waals surface area contributed by atoms with Gasteiger partial charge in [0.15, 0.2) is 0 Å². The fraction of sp³-hybridized carbons (Fsp3) is 0.143. The van der Waals surface area contributed by atoms with Gasteiger partial charge in [0.1, 0.15) is 23.0 Å². The Hall–Kier alpha value is -6.73. The highest BCUT2D eigenvalue weighted by molar-refractivity contribution is 7.91. The smallest absolute Gasteiger partial charge is 0.336 e. The monoisotopic (exact) mass is 766 g/mol. The molecule has 4 aromatic carbocycles. The lowest BCUT2D eigenvalue weighted by Gasteiger charge is -2.09. The van der Waals surface area contributed by atoms with E-state index >= 15 is 0 Å². The Balaban J connectivity index is 1.28. The van der Waals surface area contributed by atoms with Gasteiger partial charge in [-0.1, -0.05) is 25.3 Å². The number of hydrogen-bond acceptors (Lipinski definition) is 12. The number of ether oxygens (including phenoxy) is 6. The van der Waals surface area contributed by atoms with E-state index in [1.165, 1.54) is 74.5 Å². The predicted molar refractivity (Wildman–Crippen MR) is 203 cm³/mol. The van der Waals surface area contributed by atoms with Crippen LogP contribution in [0.1, 0.15) is 36.1 Å². The summed E-state index contributed by atoms with van der Waals surface area (Å²) >= 11 is 0. The average Bonchev–Trinajstić information content (AvgIpc) is 3.14. The highest BCUT2D eigenvalue weighted by Gasteiger charge is 2.18. The molecule has 0 saturated heterocycles. The van der Waals surface area contributed by atoms with Crippen molar-refractivity contribution in [2.75, 3.05) is 13.6 Å². The molecule has 0 heterocycles. The summed E-state index contributed by atoms with van der Waals surface area (Å²) in [6, 6.07) is 20.9. The molecule has 4 aromatic rings. The fourth-order valence-corrected chi connectivity index (χ4v) is 5.79. The molecule has 12 nitrogen and oxygen atoms in total. The molecule has 13 heteroatoms. The van der Waals surface area contributed by atoms with Crippen molar-refractivity contribution >= 4 is 45.9 Å². The molecule has 0 N–H and O–H groups in total. The summed E-state index contributed by atoms with van der Waals surface area (Å²) in [4.78, 5) is 47.8. The van der Waals surface area contributed by atoms with Crippen LogP contribution < -0.4 is 18.9 Å². The Kier molecular flexibility index (Phi) is 14.1. The molecule has 4 rings (SSSR count). The summed E-state index contributed by atoms with van der Waals surface area (Å²) in [6.07, 6.45) is 5.59. The Bertz CT molecular complexity index is 2110. The van der Waals surface area contributed by atoms with Crippen molar-refractivity contribution in [3.05, 3.63) is 144 Å². The molecule has 0 unspecified atom stereocenters. The van der Waals surface area contributed by atoms with Crippen molar-refractivity contribution in [2.24, 2.45) is 0 Å². The van der Waals surface area contributed by atoms with Crippen molar-refractivity contribution in [1.82, 2.24) is 0 Å². The maximum atomic E-state index is 13.3. The lowest BCUT2D eigenvalue weighted by molar-refractivity contribution is -0.146. The van der Waals surface area contributed by atoms with E-state index in [4.69, 9.17) is 28.4 Å². The molecule has 55 heavy (non-hydrogen) atoms. The zero-order chi connectivity index (χ0) is 40.1. The van der Waals surface area contributed by atoms with Crippen LogP contribution in [0.4, 0.5) is 0 Å². The number of sulfone groups is 1. The van der Waals surface area contributed by atoms with Gasteiger partial charge in [0.05, 0.1) is 9.79 Å². The number of carbonyl (C=O) groups is 4. The number of hydrogen-bond donors (Lipinski definition) is 0. The number of aryl methyl sites for hydroxylation is 2. The molecule has 0 spiro atoms. The zero-order valence-corrected chi connectivity index (χ0v) is 31.3. The van der Waals surface area contributed by atoms with E-state index < -0.39 is 33.7 Å². The van der Waals surface area contributed by atoms with Gasteiger partial charge in [-0.25, -0.2) is 27.6 Å². The molecular formula is C42H38O12S. The van der Waals surface area contributed by atoms with Gasteiger partial charge < -0.3 is 28.4 Å². The van der Waals surface area contributed by atoms with Crippen molar-refractivity contribution < 1.29 is 56.0 Å². The van der Waals surface area contributed by atoms with Crippen molar-refractivity contribution in [3.8, 4) is 23.0 Å². The molecule has 284 valence electrons. The molecule has 0 atom stereocenters. The second-order valence-corrected chi connectivity index (χ2v) is 13.9. The van der Waals surface area contributed by atoms with Crippen LogP contribution in [0.15, 0.2) is 131 Å². The number of carbonyl (C=O) groups excluding carboxylic acids is 4. The molecule has 0 amide bonds. The van der Waals surface area contributed by atoms with Gasteiger partial charge in [-0.3, -0.25) is 0 Å². The largest absolute Gasteiger partial charge is 0.457 e. The molecule has 0 bridgehead atoms. The molecule has 0 aliphatic heterocycles. The lowest BCUT2D eigenvalue weighted by Crippen LogP contribution is -2.10. The molecule has 0 aliphatic rings. The van der Waals surface area contributed by atoms with Crippen LogP contribution in [0.2, 0.25) is 0 Å². The third kappa shape index (κ3) is 12.2. The molecule has 0 fully saturated rings. The zero-order valence-electron chi connectivity index (χ0n) is 30.5. The van der Waals surface area contributed by atoms with Gasteiger partial charge in [-0.05, 0) is 135 Å². The maximum absolute atomic E-state index is 13.3. The summed E-state index contributed by atoms with van der Waals surface area (Å²) in [5.74, 6) is -1.28. The van der Waals surface area contributed by atoms with E-state index in [0.717, 1.165) is 11.1 Å². The second-order valence-electron chi connectivity index (χ2n) is 11.9. The van der Waals surface area contributed by atoms with Crippen LogP contribution in [0.25, 0.3) is 12.2 Å². The summed E-state index contributed by atoms with van der Waals surface area (Å²) < 4.78 is 57.8. The Morgan fingerprint density at radius 1 is 0.564 bits per heavy atom. The number of esters is 4. The van der Waals surface area contributed by atoms with Gasteiger partial charge in [-0.15, -0.1) is 0 Å². The standard InChI is InChI=1S/C42H38O12S/c1-27(2)41(45)51-25-49-35-11-7-31(29(5)23-35)9-21-39(43)53-33-13-17-37(18-14-33)55(47,48)38-19-15-34(16-20-38)54-40(44)22-10-32-8-12-36(24-30(32)6)50-26-52-42(46)28(3)4/h7-24H,1,3,25-26H2,2,4-6H3. The van der Waals surface area contributed by atoms with Gasteiger partial charge in [0.2, 0.25) is 23.4 Å².